The van der Waals surface area contributed by atoms with Crippen LogP contribution >= 0.6 is 0 Å². The zero-order chi connectivity index (χ0) is 28.7. The molecule has 8 nitrogen and oxygen atoms in total. The van der Waals surface area contributed by atoms with Crippen molar-refractivity contribution < 1.29 is 41.8 Å². The van der Waals surface area contributed by atoms with Crippen LogP contribution in [0.1, 0.15) is 58.2 Å². The minimum Gasteiger partial charge on any atom is -0.444 e. The third-order valence-corrected chi connectivity index (χ3v) is 4.71. The zero-order valence-corrected chi connectivity index (χ0v) is 22.2. The molecule has 0 fully saturated rings. The van der Waals surface area contributed by atoms with E-state index in [-0.39, 0.29) is 18.7 Å². The molecule has 2 amide bonds. The van der Waals surface area contributed by atoms with Crippen LogP contribution in [0.15, 0.2) is 48.5 Å². The lowest BCUT2D eigenvalue weighted by atomic mass is 10.0. The zero-order valence-electron chi connectivity index (χ0n) is 22.2. The highest BCUT2D eigenvalue weighted by molar-refractivity contribution is 5.86. The van der Waals surface area contributed by atoms with E-state index in [2.05, 4.69) is 10.6 Å². The first-order valence-electron chi connectivity index (χ1n) is 11.8. The number of benzene rings is 2. The molecule has 2 aromatic rings. The molecular weight excluding hydrogens is 505 g/mol. The van der Waals surface area contributed by atoms with Crippen molar-refractivity contribution >= 4 is 18.2 Å². The molecule has 0 saturated carbocycles. The van der Waals surface area contributed by atoms with Crippen molar-refractivity contribution in [1.82, 2.24) is 10.6 Å². The number of ether oxygens (including phenoxy) is 3. The molecule has 38 heavy (non-hydrogen) atoms. The van der Waals surface area contributed by atoms with Crippen LogP contribution in [0.5, 0.6) is 5.75 Å². The minimum atomic E-state index is -4.46. The van der Waals surface area contributed by atoms with Crippen molar-refractivity contribution in [3.05, 3.63) is 65.2 Å². The maximum atomic E-state index is 12.9. The Kier molecular flexibility index (Phi) is 9.77. The van der Waals surface area contributed by atoms with Crippen LogP contribution < -0.4 is 15.4 Å². The second-order valence-corrected chi connectivity index (χ2v) is 10.5. The summed E-state index contributed by atoms with van der Waals surface area (Å²) >= 11 is 0. The lowest BCUT2D eigenvalue weighted by Gasteiger charge is -2.23. The van der Waals surface area contributed by atoms with Gasteiger partial charge in [-0.2, -0.15) is 13.2 Å². The van der Waals surface area contributed by atoms with Crippen LogP contribution in [-0.2, 0) is 33.4 Å². The van der Waals surface area contributed by atoms with E-state index in [0.717, 1.165) is 12.1 Å². The standard InChI is InChI=1S/C27H33F3N2O6/c1-25(2,3)37-23(34)32-21(22(33)31-16-18-7-11-19(12-8-18)27(28,29)30)15-17-9-13-20(14-10-17)36-24(35)38-26(4,5)6/h7-14,21H,15-16H2,1-6H3,(H,31,33)(H,32,34)/t21-/m0/s1. The van der Waals surface area contributed by atoms with E-state index in [4.69, 9.17) is 14.2 Å². The van der Waals surface area contributed by atoms with Gasteiger partial charge in [0.15, 0.2) is 0 Å². The summed E-state index contributed by atoms with van der Waals surface area (Å²) in [6.45, 7) is 10.1. The molecule has 1 atom stereocenters. The van der Waals surface area contributed by atoms with Crippen LogP contribution in [-0.4, -0.2) is 35.4 Å². The van der Waals surface area contributed by atoms with Gasteiger partial charge in [0.2, 0.25) is 5.91 Å². The Morgan fingerprint density at radius 2 is 1.32 bits per heavy atom. The highest BCUT2D eigenvalue weighted by Gasteiger charge is 2.30. The summed E-state index contributed by atoms with van der Waals surface area (Å²) < 4.78 is 53.9. The molecule has 0 aliphatic rings. The van der Waals surface area contributed by atoms with Gasteiger partial charge in [-0.1, -0.05) is 24.3 Å². The van der Waals surface area contributed by atoms with E-state index in [1.165, 1.54) is 24.3 Å². The van der Waals surface area contributed by atoms with Crippen molar-refractivity contribution in [1.29, 1.82) is 0 Å². The monoisotopic (exact) mass is 538 g/mol. The number of hydrogen-bond donors (Lipinski definition) is 2. The number of rotatable bonds is 7. The molecule has 0 spiro atoms. The number of amides is 2. The van der Waals surface area contributed by atoms with Gasteiger partial charge in [-0.05, 0) is 76.9 Å². The summed E-state index contributed by atoms with van der Waals surface area (Å²) in [5, 5.41) is 5.16. The molecular formula is C27H33F3N2O6. The second kappa shape index (κ2) is 12.2. The third kappa shape index (κ3) is 11.1. The van der Waals surface area contributed by atoms with Gasteiger partial charge in [-0.15, -0.1) is 0 Å². The van der Waals surface area contributed by atoms with E-state index in [0.29, 0.717) is 11.1 Å². The quantitative estimate of drug-likeness (QED) is 0.343. The Labute approximate surface area is 219 Å². The molecule has 0 heterocycles. The maximum absolute atomic E-state index is 12.9. The Morgan fingerprint density at radius 1 is 0.789 bits per heavy atom. The topological polar surface area (TPSA) is 103 Å². The Bertz CT molecular complexity index is 1100. The molecule has 0 unspecified atom stereocenters. The van der Waals surface area contributed by atoms with E-state index in [1.54, 1.807) is 53.7 Å². The smallest absolute Gasteiger partial charge is 0.444 e. The molecule has 0 aliphatic heterocycles. The van der Waals surface area contributed by atoms with Gasteiger partial charge in [0.25, 0.3) is 0 Å². The first-order chi connectivity index (χ1) is 17.4. The first-order valence-corrected chi connectivity index (χ1v) is 11.8. The number of carbonyl (C=O) groups is 3. The minimum absolute atomic E-state index is 0.0495. The maximum Gasteiger partial charge on any atom is 0.514 e. The van der Waals surface area contributed by atoms with E-state index in [1.807, 2.05) is 0 Å². The van der Waals surface area contributed by atoms with Crippen LogP contribution in [0.25, 0.3) is 0 Å². The largest absolute Gasteiger partial charge is 0.514 e. The summed E-state index contributed by atoms with van der Waals surface area (Å²) in [6.07, 6.45) is -6.07. The number of nitrogens with one attached hydrogen (secondary N) is 2. The summed E-state index contributed by atoms with van der Waals surface area (Å²) in [4.78, 5) is 37.2. The summed E-state index contributed by atoms with van der Waals surface area (Å²) in [5.41, 5.74) is -1.23. The van der Waals surface area contributed by atoms with Gasteiger partial charge < -0.3 is 24.8 Å². The van der Waals surface area contributed by atoms with Gasteiger partial charge in [0, 0.05) is 13.0 Å². The van der Waals surface area contributed by atoms with Crippen molar-refractivity contribution in [2.24, 2.45) is 0 Å². The van der Waals surface area contributed by atoms with Crippen molar-refractivity contribution in [3.63, 3.8) is 0 Å². The molecule has 0 saturated heterocycles. The molecule has 0 aromatic heterocycles. The van der Waals surface area contributed by atoms with Gasteiger partial charge in [0.05, 0.1) is 5.56 Å². The van der Waals surface area contributed by atoms with Crippen LogP contribution in [0.2, 0.25) is 0 Å². The van der Waals surface area contributed by atoms with Crippen molar-refractivity contribution in [2.75, 3.05) is 0 Å². The van der Waals surface area contributed by atoms with Crippen LogP contribution in [0.4, 0.5) is 22.8 Å². The normalized spacial score (nSPS) is 12.8. The Morgan fingerprint density at radius 3 is 1.82 bits per heavy atom. The van der Waals surface area contributed by atoms with Gasteiger partial charge in [-0.3, -0.25) is 4.79 Å². The van der Waals surface area contributed by atoms with Crippen molar-refractivity contribution in [2.45, 2.75) is 77.9 Å². The molecule has 2 aromatic carbocycles. The second-order valence-electron chi connectivity index (χ2n) is 10.5. The summed E-state index contributed by atoms with van der Waals surface area (Å²) in [7, 11) is 0. The summed E-state index contributed by atoms with van der Waals surface area (Å²) in [6, 6.07) is 9.60. The SMILES string of the molecule is CC(C)(C)OC(=O)N[C@@H](Cc1ccc(OC(=O)OC(C)(C)C)cc1)C(=O)NCc1ccc(C(F)(F)F)cc1. The molecule has 2 N–H and O–H groups in total. The average molecular weight is 539 g/mol. The van der Waals surface area contributed by atoms with E-state index >= 15 is 0 Å². The lowest BCUT2D eigenvalue weighted by molar-refractivity contribution is -0.137. The molecule has 208 valence electrons. The average Bonchev–Trinajstić information content (AvgIpc) is 2.75. The molecule has 0 radical (unpaired) electrons. The number of alkyl halides is 3. The fourth-order valence-corrected chi connectivity index (χ4v) is 3.08. The molecule has 0 aliphatic carbocycles. The van der Waals surface area contributed by atoms with Gasteiger partial charge in [0.1, 0.15) is 23.0 Å². The van der Waals surface area contributed by atoms with E-state index in [9.17, 15) is 27.6 Å². The fraction of sp³-hybridized carbons (Fsp3) is 0.444. The summed E-state index contributed by atoms with van der Waals surface area (Å²) in [5.74, 6) is -0.337. The Balaban J connectivity index is 2.09. The highest BCUT2D eigenvalue weighted by atomic mass is 19.4. The highest BCUT2D eigenvalue weighted by Crippen LogP contribution is 2.29. The van der Waals surface area contributed by atoms with Crippen LogP contribution in [0, 0.1) is 0 Å². The van der Waals surface area contributed by atoms with Crippen molar-refractivity contribution in [3.8, 4) is 5.75 Å². The van der Waals surface area contributed by atoms with Gasteiger partial charge >= 0.3 is 18.4 Å². The van der Waals surface area contributed by atoms with Crippen LogP contribution in [0.3, 0.4) is 0 Å². The predicted molar refractivity (Wildman–Crippen MR) is 133 cm³/mol. The number of halogens is 3. The first kappa shape index (κ1) is 30.5. The predicted octanol–water partition coefficient (Wildman–Crippen LogP) is 5.77. The number of hydrogen-bond acceptors (Lipinski definition) is 6. The number of carbonyl (C=O) groups excluding carboxylic acids is 3. The Hall–Kier alpha value is -3.76. The molecule has 11 heteroatoms. The molecule has 0 bridgehead atoms. The third-order valence-electron chi connectivity index (χ3n) is 4.71. The fourth-order valence-electron chi connectivity index (χ4n) is 3.08. The number of alkyl carbamates (subject to hydrolysis) is 1. The van der Waals surface area contributed by atoms with E-state index < -0.39 is 47.1 Å². The molecule has 2 rings (SSSR count). The lowest BCUT2D eigenvalue weighted by Crippen LogP contribution is -2.49. The van der Waals surface area contributed by atoms with Gasteiger partial charge in [-0.25, -0.2) is 9.59 Å².